The van der Waals surface area contributed by atoms with Gasteiger partial charge in [0.2, 0.25) is 0 Å². The van der Waals surface area contributed by atoms with Crippen LogP contribution in [0, 0.1) is 22.7 Å². The smallest absolute Gasteiger partial charge is 0.179 e. The average molecular weight is 334 g/mol. The summed E-state index contributed by atoms with van der Waals surface area (Å²) in [4.78, 5) is 0.872. The molecule has 1 aromatic heterocycles. The summed E-state index contributed by atoms with van der Waals surface area (Å²) >= 11 is 1.49. The van der Waals surface area contributed by atoms with Crippen molar-refractivity contribution < 1.29 is 9.47 Å². The summed E-state index contributed by atoms with van der Waals surface area (Å²) in [6, 6.07) is 11.8. The van der Waals surface area contributed by atoms with Crippen molar-refractivity contribution in [3.05, 3.63) is 51.7 Å². The molecule has 0 saturated heterocycles. The lowest BCUT2D eigenvalue weighted by Gasteiger charge is -2.15. The first kappa shape index (κ1) is 15.9. The maximum atomic E-state index is 9.50. The molecule has 0 bridgehead atoms. The number of rotatable bonds is 3. The standard InChI is InChI=1S/C19H14N2O2S/c1-2-13(10-20)14-3-5-15(6-4-14)16(11-21)9-18-19-17(12-24-18)22-7-8-23-19/h2-6,9,12H,7-8H2,1H3/b13-2+,16-9+. The molecule has 2 heterocycles. The highest BCUT2D eigenvalue weighted by molar-refractivity contribution is 7.11. The summed E-state index contributed by atoms with van der Waals surface area (Å²) in [6.07, 6.45) is 3.58. The third-order valence-corrected chi connectivity index (χ3v) is 4.53. The number of nitriles is 2. The molecule has 0 saturated carbocycles. The number of nitrogens with zero attached hydrogens (tertiary/aromatic N) is 2. The van der Waals surface area contributed by atoms with Crippen LogP contribution in [0.15, 0.2) is 35.7 Å². The molecule has 24 heavy (non-hydrogen) atoms. The largest absolute Gasteiger partial charge is 0.485 e. The number of thiophene rings is 1. The topological polar surface area (TPSA) is 66.0 Å². The van der Waals surface area contributed by atoms with Gasteiger partial charge in [-0.2, -0.15) is 10.5 Å². The zero-order chi connectivity index (χ0) is 16.9. The van der Waals surface area contributed by atoms with Crippen molar-refractivity contribution in [2.45, 2.75) is 6.92 Å². The first-order valence-corrected chi connectivity index (χ1v) is 8.31. The van der Waals surface area contributed by atoms with E-state index in [0.29, 0.717) is 30.1 Å². The first-order valence-electron chi connectivity index (χ1n) is 7.43. The Morgan fingerprint density at radius 3 is 2.29 bits per heavy atom. The number of allylic oxidation sites excluding steroid dienone is 3. The molecule has 1 aromatic carbocycles. The molecule has 0 fully saturated rings. The highest BCUT2D eigenvalue weighted by atomic mass is 32.1. The maximum Gasteiger partial charge on any atom is 0.179 e. The Hall–Kier alpha value is -3.02. The minimum absolute atomic E-state index is 0.515. The second-order valence-electron chi connectivity index (χ2n) is 5.05. The van der Waals surface area contributed by atoms with Crippen LogP contribution in [0.4, 0.5) is 0 Å². The molecule has 3 rings (SSSR count). The second kappa shape index (κ2) is 7.04. The summed E-state index contributed by atoms with van der Waals surface area (Å²) in [5.41, 5.74) is 2.79. The van der Waals surface area contributed by atoms with E-state index in [2.05, 4.69) is 12.1 Å². The van der Waals surface area contributed by atoms with Gasteiger partial charge in [0.05, 0.1) is 28.2 Å². The maximum absolute atomic E-state index is 9.50. The third-order valence-electron chi connectivity index (χ3n) is 3.64. The van der Waals surface area contributed by atoms with Gasteiger partial charge in [-0.1, -0.05) is 30.3 Å². The molecule has 0 amide bonds. The van der Waals surface area contributed by atoms with Crippen LogP contribution in [-0.2, 0) is 0 Å². The lowest BCUT2D eigenvalue weighted by Crippen LogP contribution is -2.14. The minimum atomic E-state index is 0.515. The highest BCUT2D eigenvalue weighted by Gasteiger charge is 2.18. The van der Waals surface area contributed by atoms with E-state index in [1.54, 1.807) is 6.08 Å². The van der Waals surface area contributed by atoms with Crippen LogP contribution in [-0.4, -0.2) is 13.2 Å². The van der Waals surface area contributed by atoms with Crippen molar-refractivity contribution in [3.8, 4) is 23.6 Å². The summed E-state index contributed by atoms with van der Waals surface area (Å²) in [5, 5.41) is 20.5. The Balaban J connectivity index is 1.94. The Labute approximate surface area is 144 Å². The van der Waals surface area contributed by atoms with E-state index in [4.69, 9.17) is 14.7 Å². The molecular weight excluding hydrogens is 320 g/mol. The normalized spacial score (nSPS) is 14.0. The van der Waals surface area contributed by atoms with Crippen LogP contribution in [0.5, 0.6) is 11.5 Å². The lowest BCUT2D eigenvalue weighted by atomic mass is 10.0. The fourth-order valence-corrected chi connectivity index (χ4v) is 3.28. The van der Waals surface area contributed by atoms with Crippen LogP contribution in [0.2, 0.25) is 0 Å². The van der Waals surface area contributed by atoms with Gasteiger partial charge in [0.15, 0.2) is 11.5 Å². The van der Waals surface area contributed by atoms with Gasteiger partial charge in [0.1, 0.15) is 13.2 Å². The van der Waals surface area contributed by atoms with Crippen molar-refractivity contribution >= 4 is 28.6 Å². The van der Waals surface area contributed by atoms with Gasteiger partial charge in [-0.3, -0.25) is 0 Å². The fraction of sp³-hybridized carbons (Fsp3) is 0.158. The number of hydrogen-bond donors (Lipinski definition) is 0. The van der Waals surface area contributed by atoms with Crippen molar-refractivity contribution in [2.75, 3.05) is 13.2 Å². The molecule has 0 spiro atoms. The van der Waals surface area contributed by atoms with Crippen LogP contribution in [0.25, 0.3) is 17.2 Å². The molecule has 5 heteroatoms. The minimum Gasteiger partial charge on any atom is -0.485 e. The molecule has 0 unspecified atom stereocenters. The number of benzene rings is 1. The van der Waals surface area contributed by atoms with Gasteiger partial charge >= 0.3 is 0 Å². The van der Waals surface area contributed by atoms with Crippen LogP contribution in [0.3, 0.4) is 0 Å². The zero-order valence-electron chi connectivity index (χ0n) is 13.1. The molecule has 4 nitrogen and oxygen atoms in total. The highest BCUT2D eigenvalue weighted by Crippen LogP contribution is 2.41. The second-order valence-corrected chi connectivity index (χ2v) is 5.96. The van der Waals surface area contributed by atoms with Gasteiger partial charge < -0.3 is 9.47 Å². The summed E-state index contributed by atoms with van der Waals surface area (Å²) in [5.74, 6) is 1.44. The molecule has 1 aliphatic rings. The Morgan fingerprint density at radius 1 is 1.04 bits per heavy atom. The van der Waals surface area contributed by atoms with Gasteiger partial charge in [0, 0.05) is 5.38 Å². The van der Waals surface area contributed by atoms with Crippen molar-refractivity contribution in [3.63, 3.8) is 0 Å². The van der Waals surface area contributed by atoms with Gasteiger partial charge in [-0.25, -0.2) is 0 Å². The zero-order valence-corrected chi connectivity index (χ0v) is 13.9. The molecule has 0 radical (unpaired) electrons. The van der Waals surface area contributed by atoms with E-state index in [0.717, 1.165) is 21.8 Å². The number of ether oxygens (including phenoxy) is 2. The van der Waals surface area contributed by atoms with E-state index in [-0.39, 0.29) is 0 Å². The van der Waals surface area contributed by atoms with Crippen LogP contribution in [0.1, 0.15) is 22.9 Å². The molecule has 0 aliphatic carbocycles. The molecular formula is C19H14N2O2S. The fourth-order valence-electron chi connectivity index (χ4n) is 2.42. The Kier molecular flexibility index (Phi) is 4.65. The van der Waals surface area contributed by atoms with E-state index in [1.807, 2.05) is 42.6 Å². The monoisotopic (exact) mass is 334 g/mol. The molecule has 1 aliphatic heterocycles. The van der Waals surface area contributed by atoms with Gasteiger partial charge in [-0.15, -0.1) is 11.3 Å². The van der Waals surface area contributed by atoms with E-state index in [9.17, 15) is 5.26 Å². The van der Waals surface area contributed by atoms with Crippen LogP contribution < -0.4 is 9.47 Å². The molecule has 0 atom stereocenters. The van der Waals surface area contributed by atoms with Crippen molar-refractivity contribution in [2.24, 2.45) is 0 Å². The van der Waals surface area contributed by atoms with Gasteiger partial charge in [-0.05, 0) is 24.1 Å². The Bertz CT molecular complexity index is 893. The molecule has 0 N–H and O–H groups in total. The lowest BCUT2D eigenvalue weighted by molar-refractivity contribution is 0.173. The summed E-state index contributed by atoms with van der Waals surface area (Å²) < 4.78 is 11.2. The molecule has 118 valence electrons. The predicted molar refractivity (Wildman–Crippen MR) is 94.5 cm³/mol. The van der Waals surface area contributed by atoms with E-state index < -0.39 is 0 Å². The quantitative estimate of drug-likeness (QED) is 0.775. The van der Waals surface area contributed by atoms with Crippen molar-refractivity contribution in [1.29, 1.82) is 10.5 Å². The van der Waals surface area contributed by atoms with E-state index in [1.165, 1.54) is 11.3 Å². The van der Waals surface area contributed by atoms with Crippen molar-refractivity contribution in [1.82, 2.24) is 0 Å². The third kappa shape index (κ3) is 3.03. The number of hydrogen-bond acceptors (Lipinski definition) is 5. The average Bonchev–Trinajstić information content (AvgIpc) is 3.04. The number of fused-ring (bicyclic) bond motifs is 1. The summed E-state index contributed by atoms with van der Waals surface area (Å²) in [7, 11) is 0. The van der Waals surface area contributed by atoms with Crippen LogP contribution >= 0.6 is 11.3 Å². The predicted octanol–water partition coefficient (Wildman–Crippen LogP) is 4.51. The van der Waals surface area contributed by atoms with E-state index >= 15 is 0 Å². The first-order chi connectivity index (χ1) is 11.8. The summed E-state index contributed by atoms with van der Waals surface area (Å²) in [6.45, 7) is 2.89. The van der Waals surface area contributed by atoms with Gasteiger partial charge in [0.25, 0.3) is 0 Å². The Morgan fingerprint density at radius 2 is 1.67 bits per heavy atom. The SMILES string of the molecule is C/C=C(\C#N)c1ccc(/C(C#N)=C/c2scc3c2OCCO3)cc1. The molecule has 2 aromatic rings.